The molecule has 2 heterocycles. The first kappa shape index (κ1) is 19.6. The Labute approximate surface area is 164 Å². The quantitative estimate of drug-likeness (QED) is 0.649. The zero-order valence-corrected chi connectivity index (χ0v) is 16.6. The van der Waals surface area contributed by atoms with Gasteiger partial charge >= 0.3 is 0 Å². The Kier molecular flexibility index (Phi) is 5.81. The fourth-order valence-electron chi connectivity index (χ4n) is 3.44. The molecule has 28 heavy (non-hydrogen) atoms. The third-order valence-corrected chi connectivity index (χ3v) is 4.73. The molecule has 0 aliphatic heterocycles. The minimum atomic E-state index is 0.000491. The van der Waals surface area contributed by atoms with Crippen LogP contribution in [0, 0.1) is 11.3 Å². The van der Waals surface area contributed by atoms with Crippen molar-refractivity contribution in [2.75, 3.05) is 13.2 Å². The normalized spacial score (nSPS) is 11.5. The number of nitriles is 1. The lowest BCUT2D eigenvalue weighted by molar-refractivity contribution is 0.140. The smallest absolute Gasteiger partial charge is 0.216 e. The third kappa shape index (κ3) is 4.07. The van der Waals surface area contributed by atoms with Crippen LogP contribution in [0.15, 0.2) is 30.6 Å². The number of aromatic nitrogens is 3. The van der Waals surface area contributed by atoms with Crippen molar-refractivity contribution in [1.82, 2.24) is 19.9 Å². The van der Waals surface area contributed by atoms with Crippen LogP contribution in [-0.4, -0.2) is 50.2 Å². The van der Waals surface area contributed by atoms with Crippen molar-refractivity contribution >= 4 is 10.9 Å². The molecule has 0 atom stereocenters. The van der Waals surface area contributed by atoms with Gasteiger partial charge in [-0.2, -0.15) is 5.26 Å². The van der Waals surface area contributed by atoms with E-state index in [0.717, 1.165) is 11.9 Å². The predicted molar refractivity (Wildman–Crippen MR) is 108 cm³/mol. The standard InChI is InChI=1S/C21H25N5O2/c1-13(2)26(14(3)4)7-8-28-19-10-18(23-12-24-19)20-16-6-5-15(11-22)9-17(16)25-21(20)27/h5-6,9-10,12-14,25,27H,7-8H2,1-4H3. The van der Waals surface area contributed by atoms with Gasteiger partial charge in [0, 0.05) is 30.1 Å². The molecule has 2 N–H and O–H groups in total. The molecule has 7 heteroatoms. The van der Waals surface area contributed by atoms with Crippen molar-refractivity contribution in [2.24, 2.45) is 0 Å². The van der Waals surface area contributed by atoms with Gasteiger partial charge in [0.15, 0.2) is 5.88 Å². The predicted octanol–water partition coefficient (Wildman–Crippen LogP) is 3.70. The van der Waals surface area contributed by atoms with Gasteiger partial charge in [0.2, 0.25) is 5.88 Å². The van der Waals surface area contributed by atoms with E-state index in [2.05, 4.69) is 53.6 Å². The van der Waals surface area contributed by atoms with Gasteiger partial charge in [0.05, 0.1) is 28.4 Å². The van der Waals surface area contributed by atoms with Crippen LogP contribution in [0.1, 0.15) is 33.3 Å². The van der Waals surface area contributed by atoms with E-state index in [1.54, 1.807) is 24.3 Å². The molecule has 0 unspecified atom stereocenters. The minimum Gasteiger partial charge on any atom is -0.494 e. The number of hydrogen-bond donors (Lipinski definition) is 2. The Balaban J connectivity index is 1.81. The molecule has 0 bridgehead atoms. The summed E-state index contributed by atoms with van der Waals surface area (Å²) >= 11 is 0. The summed E-state index contributed by atoms with van der Waals surface area (Å²) in [6.45, 7) is 9.98. The average molecular weight is 379 g/mol. The third-order valence-electron chi connectivity index (χ3n) is 4.73. The van der Waals surface area contributed by atoms with E-state index in [1.165, 1.54) is 6.33 Å². The van der Waals surface area contributed by atoms with E-state index < -0.39 is 0 Å². The molecule has 0 saturated heterocycles. The Bertz CT molecular complexity index is 996. The first-order valence-electron chi connectivity index (χ1n) is 9.36. The highest BCUT2D eigenvalue weighted by atomic mass is 16.5. The van der Waals surface area contributed by atoms with Crippen LogP contribution in [0.2, 0.25) is 0 Å². The second kappa shape index (κ2) is 8.28. The number of nitrogens with one attached hydrogen (secondary N) is 1. The Morgan fingerprint density at radius 2 is 1.93 bits per heavy atom. The molecular weight excluding hydrogens is 354 g/mol. The van der Waals surface area contributed by atoms with Gasteiger partial charge in [-0.05, 0) is 39.8 Å². The Morgan fingerprint density at radius 1 is 1.18 bits per heavy atom. The molecule has 0 radical (unpaired) electrons. The zero-order valence-electron chi connectivity index (χ0n) is 16.6. The fraction of sp³-hybridized carbons (Fsp3) is 0.381. The van der Waals surface area contributed by atoms with Gasteiger partial charge < -0.3 is 14.8 Å². The molecule has 2 aromatic heterocycles. The number of nitrogens with zero attached hydrogens (tertiary/aromatic N) is 4. The van der Waals surface area contributed by atoms with Crippen LogP contribution in [0.5, 0.6) is 11.8 Å². The van der Waals surface area contributed by atoms with E-state index >= 15 is 0 Å². The molecule has 0 spiro atoms. The van der Waals surface area contributed by atoms with Crippen LogP contribution < -0.4 is 4.74 Å². The van der Waals surface area contributed by atoms with Crippen LogP contribution in [-0.2, 0) is 0 Å². The van der Waals surface area contributed by atoms with Gasteiger partial charge in [-0.15, -0.1) is 0 Å². The number of ether oxygens (including phenoxy) is 1. The summed E-state index contributed by atoms with van der Waals surface area (Å²) in [5.41, 5.74) is 2.32. The summed E-state index contributed by atoms with van der Waals surface area (Å²) < 4.78 is 5.84. The summed E-state index contributed by atoms with van der Waals surface area (Å²) in [6.07, 6.45) is 1.43. The number of aromatic amines is 1. The van der Waals surface area contributed by atoms with Crippen molar-refractivity contribution in [3.63, 3.8) is 0 Å². The van der Waals surface area contributed by atoms with Gasteiger partial charge in [-0.1, -0.05) is 6.07 Å². The van der Waals surface area contributed by atoms with Gasteiger partial charge in [-0.25, -0.2) is 9.97 Å². The minimum absolute atomic E-state index is 0.000491. The van der Waals surface area contributed by atoms with Gasteiger partial charge in [0.25, 0.3) is 0 Å². The van der Waals surface area contributed by atoms with E-state index in [-0.39, 0.29) is 5.88 Å². The van der Waals surface area contributed by atoms with Crippen molar-refractivity contribution in [3.05, 3.63) is 36.2 Å². The maximum absolute atomic E-state index is 10.4. The highest BCUT2D eigenvalue weighted by molar-refractivity contribution is 5.98. The maximum atomic E-state index is 10.4. The zero-order chi connectivity index (χ0) is 20.3. The highest BCUT2D eigenvalue weighted by Gasteiger charge is 2.16. The summed E-state index contributed by atoms with van der Waals surface area (Å²) in [7, 11) is 0. The Hall–Kier alpha value is -3.11. The lowest BCUT2D eigenvalue weighted by atomic mass is 10.1. The number of fused-ring (bicyclic) bond motifs is 1. The molecule has 0 fully saturated rings. The highest BCUT2D eigenvalue weighted by Crippen LogP contribution is 2.36. The summed E-state index contributed by atoms with van der Waals surface area (Å²) in [5, 5.41) is 20.2. The first-order valence-corrected chi connectivity index (χ1v) is 9.36. The molecule has 0 saturated carbocycles. The monoisotopic (exact) mass is 379 g/mol. The number of aromatic hydroxyl groups is 1. The molecule has 3 aromatic rings. The first-order chi connectivity index (χ1) is 13.4. The second-order valence-electron chi connectivity index (χ2n) is 7.24. The van der Waals surface area contributed by atoms with Crippen LogP contribution in [0.25, 0.3) is 22.2 Å². The van der Waals surface area contributed by atoms with E-state index in [0.29, 0.717) is 46.9 Å². The molecule has 0 amide bonds. The van der Waals surface area contributed by atoms with Crippen LogP contribution in [0.4, 0.5) is 0 Å². The number of H-pyrrole nitrogens is 1. The largest absolute Gasteiger partial charge is 0.494 e. The van der Waals surface area contributed by atoms with E-state index in [4.69, 9.17) is 10.00 Å². The van der Waals surface area contributed by atoms with E-state index in [9.17, 15) is 5.11 Å². The molecule has 0 aliphatic rings. The van der Waals surface area contributed by atoms with Crippen molar-refractivity contribution in [2.45, 2.75) is 39.8 Å². The summed E-state index contributed by atoms with van der Waals surface area (Å²) in [6, 6.07) is 9.89. The topological polar surface area (TPSA) is 98.1 Å². The van der Waals surface area contributed by atoms with Crippen molar-refractivity contribution < 1.29 is 9.84 Å². The SMILES string of the molecule is CC(C)N(CCOc1cc(-c2c(O)[nH]c3cc(C#N)ccc23)ncn1)C(C)C. The fourth-order valence-corrected chi connectivity index (χ4v) is 3.44. The maximum Gasteiger partial charge on any atom is 0.216 e. The van der Waals surface area contributed by atoms with Crippen LogP contribution >= 0.6 is 0 Å². The lowest BCUT2D eigenvalue weighted by Crippen LogP contribution is -2.39. The number of rotatable bonds is 7. The van der Waals surface area contributed by atoms with Crippen molar-refractivity contribution in [3.8, 4) is 29.1 Å². The van der Waals surface area contributed by atoms with Gasteiger partial charge in [0.1, 0.15) is 12.9 Å². The average Bonchev–Trinajstić information content (AvgIpc) is 2.99. The van der Waals surface area contributed by atoms with Gasteiger partial charge in [-0.3, -0.25) is 4.90 Å². The molecule has 7 nitrogen and oxygen atoms in total. The van der Waals surface area contributed by atoms with Crippen molar-refractivity contribution in [1.29, 1.82) is 5.26 Å². The lowest BCUT2D eigenvalue weighted by Gasteiger charge is -2.30. The Morgan fingerprint density at radius 3 is 2.61 bits per heavy atom. The number of hydrogen-bond acceptors (Lipinski definition) is 6. The van der Waals surface area contributed by atoms with Crippen LogP contribution in [0.3, 0.4) is 0 Å². The number of benzene rings is 1. The molecular formula is C21H25N5O2. The summed E-state index contributed by atoms with van der Waals surface area (Å²) in [4.78, 5) is 13.7. The molecule has 0 aliphatic carbocycles. The molecule has 146 valence electrons. The summed E-state index contributed by atoms with van der Waals surface area (Å²) in [5.74, 6) is 0.459. The second-order valence-corrected chi connectivity index (χ2v) is 7.24. The molecule has 1 aromatic carbocycles. The molecule has 3 rings (SSSR count). The van der Waals surface area contributed by atoms with E-state index in [1.807, 2.05) is 0 Å².